The van der Waals surface area contributed by atoms with Crippen LogP contribution in [0.5, 0.6) is 0 Å². The fourth-order valence-corrected chi connectivity index (χ4v) is 2.49. The molecule has 0 saturated heterocycles. The van der Waals surface area contributed by atoms with Gasteiger partial charge in [0, 0.05) is 0 Å². The van der Waals surface area contributed by atoms with Crippen molar-refractivity contribution in [3.05, 3.63) is 57.3 Å². The number of aliphatic hydroxyl groups is 1. The molecule has 94 valence electrons. The van der Waals surface area contributed by atoms with Crippen molar-refractivity contribution in [3.8, 4) is 0 Å². The van der Waals surface area contributed by atoms with Gasteiger partial charge < -0.3 is 10.2 Å². The van der Waals surface area contributed by atoms with Crippen molar-refractivity contribution in [1.29, 1.82) is 0 Å². The molecule has 0 spiro atoms. The lowest BCUT2D eigenvalue weighted by molar-refractivity contribution is 0.0692. The molecule has 0 aliphatic rings. The van der Waals surface area contributed by atoms with Crippen molar-refractivity contribution in [2.45, 2.75) is 6.10 Å². The summed E-state index contributed by atoms with van der Waals surface area (Å²) in [6, 6.07) is 4.48. The summed E-state index contributed by atoms with van der Waals surface area (Å²) in [5, 5.41) is 20.3. The molecule has 2 aromatic rings. The summed E-state index contributed by atoms with van der Waals surface area (Å²) in [7, 11) is 0. The van der Waals surface area contributed by atoms with Gasteiger partial charge in [-0.2, -0.15) is 0 Å². The molecule has 0 amide bonds. The first-order valence-corrected chi connectivity index (χ1v) is 5.83. The number of benzene rings is 1. The van der Waals surface area contributed by atoms with Crippen LogP contribution in [-0.2, 0) is 0 Å². The second-order valence-corrected chi connectivity index (χ2v) is 4.49. The molecule has 3 nitrogen and oxygen atoms in total. The van der Waals surface area contributed by atoms with E-state index in [4.69, 9.17) is 5.11 Å². The third kappa shape index (κ3) is 2.12. The molecular weight excluding hydrogens is 262 g/mol. The van der Waals surface area contributed by atoms with Crippen LogP contribution in [-0.4, -0.2) is 16.2 Å². The first-order valence-electron chi connectivity index (χ1n) is 4.95. The summed E-state index contributed by atoms with van der Waals surface area (Å²) in [5.74, 6) is -3.07. The van der Waals surface area contributed by atoms with E-state index in [1.165, 1.54) is 17.5 Å². The van der Waals surface area contributed by atoms with Crippen LogP contribution in [0.2, 0.25) is 0 Å². The maximum Gasteiger partial charge on any atom is 0.336 e. The normalized spacial score (nSPS) is 12.4. The molecule has 0 saturated carbocycles. The molecule has 0 aliphatic carbocycles. The lowest BCUT2D eigenvalue weighted by Crippen LogP contribution is -2.08. The molecule has 0 aliphatic heterocycles. The van der Waals surface area contributed by atoms with Gasteiger partial charge in [0.25, 0.3) is 0 Å². The summed E-state index contributed by atoms with van der Waals surface area (Å²) in [6.07, 6.45) is -1.63. The minimum atomic E-state index is -1.63. The summed E-state index contributed by atoms with van der Waals surface area (Å²) >= 11 is 0.934. The number of thiophene rings is 1. The van der Waals surface area contributed by atoms with Crippen molar-refractivity contribution >= 4 is 17.3 Å². The molecule has 1 heterocycles. The highest BCUT2D eigenvalue weighted by atomic mass is 32.1. The molecule has 1 atom stereocenters. The van der Waals surface area contributed by atoms with E-state index in [9.17, 15) is 18.7 Å². The van der Waals surface area contributed by atoms with Crippen LogP contribution in [0.1, 0.15) is 26.9 Å². The van der Waals surface area contributed by atoms with Crippen molar-refractivity contribution in [3.63, 3.8) is 0 Å². The summed E-state index contributed by atoms with van der Waals surface area (Å²) in [4.78, 5) is 10.9. The molecule has 1 unspecified atom stereocenters. The van der Waals surface area contributed by atoms with Crippen molar-refractivity contribution < 1.29 is 23.8 Å². The Morgan fingerprint density at radius 1 is 1.22 bits per heavy atom. The number of hydrogen-bond donors (Lipinski definition) is 2. The van der Waals surface area contributed by atoms with E-state index in [0.717, 1.165) is 23.5 Å². The van der Waals surface area contributed by atoms with Crippen LogP contribution in [0.15, 0.2) is 29.6 Å². The highest BCUT2D eigenvalue weighted by Gasteiger charge is 2.25. The Balaban J connectivity index is 2.51. The molecule has 0 radical (unpaired) electrons. The molecule has 0 fully saturated rings. The number of carboxylic acid groups (broad SMARTS) is 1. The number of hydrogen-bond acceptors (Lipinski definition) is 3. The summed E-state index contributed by atoms with van der Waals surface area (Å²) in [5.41, 5.74) is -0.697. The predicted molar refractivity (Wildman–Crippen MR) is 61.7 cm³/mol. The Labute approximate surface area is 105 Å². The van der Waals surface area contributed by atoms with Crippen LogP contribution in [0.3, 0.4) is 0 Å². The largest absolute Gasteiger partial charge is 0.478 e. The van der Waals surface area contributed by atoms with Crippen LogP contribution < -0.4 is 0 Å². The van der Waals surface area contributed by atoms with Gasteiger partial charge in [-0.05, 0) is 23.6 Å². The van der Waals surface area contributed by atoms with E-state index in [2.05, 4.69) is 0 Å². The Morgan fingerprint density at radius 2 is 1.83 bits per heavy atom. The second-order valence-electron chi connectivity index (χ2n) is 3.54. The van der Waals surface area contributed by atoms with Crippen molar-refractivity contribution in [1.82, 2.24) is 0 Å². The van der Waals surface area contributed by atoms with Crippen molar-refractivity contribution in [2.75, 3.05) is 0 Å². The second kappa shape index (κ2) is 4.83. The SMILES string of the molecule is O=C(O)c1ccsc1C(O)c1c(F)cccc1F. The number of rotatable bonds is 3. The highest BCUT2D eigenvalue weighted by molar-refractivity contribution is 7.10. The molecule has 2 N–H and O–H groups in total. The fourth-order valence-electron chi connectivity index (χ4n) is 1.61. The van der Waals surface area contributed by atoms with Gasteiger partial charge in [-0.1, -0.05) is 6.07 Å². The molecule has 2 rings (SSSR count). The Hall–Kier alpha value is -1.79. The molecular formula is C12H8F2O3S. The number of aromatic carboxylic acids is 1. The van der Waals surface area contributed by atoms with E-state index in [1.54, 1.807) is 0 Å². The van der Waals surface area contributed by atoms with E-state index >= 15 is 0 Å². The Morgan fingerprint density at radius 3 is 2.39 bits per heavy atom. The molecule has 6 heteroatoms. The first-order chi connectivity index (χ1) is 8.52. The third-order valence-electron chi connectivity index (χ3n) is 2.45. The van der Waals surface area contributed by atoms with Crippen LogP contribution >= 0.6 is 11.3 Å². The maximum atomic E-state index is 13.5. The van der Waals surface area contributed by atoms with Gasteiger partial charge >= 0.3 is 5.97 Å². The van der Waals surface area contributed by atoms with Gasteiger partial charge in [-0.25, -0.2) is 13.6 Å². The van der Waals surface area contributed by atoms with Gasteiger partial charge in [0.1, 0.15) is 17.7 Å². The lowest BCUT2D eigenvalue weighted by atomic mass is 10.0. The van der Waals surface area contributed by atoms with Gasteiger partial charge in [-0.15, -0.1) is 11.3 Å². The average molecular weight is 270 g/mol. The topological polar surface area (TPSA) is 57.5 Å². The van der Waals surface area contributed by atoms with Gasteiger partial charge in [0.05, 0.1) is 16.0 Å². The highest BCUT2D eigenvalue weighted by Crippen LogP contribution is 2.32. The molecule has 1 aromatic heterocycles. The molecule has 18 heavy (non-hydrogen) atoms. The first kappa shape index (κ1) is 12.7. The number of aliphatic hydroxyl groups excluding tert-OH is 1. The third-order valence-corrected chi connectivity index (χ3v) is 3.42. The zero-order chi connectivity index (χ0) is 13.3. The van der Waals surface area contributed by atoms with Crippen LogP contribution in [0, 0.1) is 11.6 Å². The minimum Gasteiger partial charge on any atom is -0.478 e. The quantitative estimate of drug-likeness (QED) is 0.901. The Bertz CT molecular complexity index is 575. The average Bonchev–Trinajstić information content (AvgIpc) is 2.77. The van der Waals surface area contributed by atoms with Crippen LogP contribution in [0.25, 0.3) is 0 Å². The predicted octanol–water partition coefficient (Wildman–Crippen LogP) is 2.81. The standard InChI is InChI=1S/C12H8F2O3S/c13-7-2-1-3-8(14)9(7)10(15)11-6(12(16)17)4-5-18-11/h1-5,10,15H,(H,16,17). The fraction of sp³-hybridized carbons (Fsp3) is 0.0833. The zero-order valence-corrected chi connectivity index (χ0v) is 9.75. The maximum absolute atomic E-state index is 13.5. The number of halogens is 2. The number of carbonyl (C=O) groups is 1. The summed E-state index contributed by atoms with van der Waals surface area (Å²) in [6.45, 7) is 0. The van der Waals surface area contributed by atoms with E-state index in [-0.39, 0.29) is 10.4 Å². The smallest absolute Gasteiger partial charge is 0.336 e. The lowest BCUT2D eigenvalue weighted by Gasteiger charge is -2.12. The molecule has 0 bridgehead atoms. The van der Waals surface area contributed by atoms with E-state index in [0.29, 0.717) is 0 Å². The molecule has 1 aromatic carbocycles. The minimum absolute atomic E-state index is 0.00602. The van der Waals surface area contributed by atoms with Gasteiger partial charge in [0.15, 0.2) is 0 Å². The van der Waals surface area contributed by atoms with E-state index in [1.807, 2.05) is 0 Å². The van der Waals surface area contributed by atoms with E-state index < -0.39 is 29.3 Å². The number of carboxylic acids is 1. The monoisotopic (exact) mass is 270 g/mol. The van der Waals surface area contributed by atoms with Gasteiger partial charge in [-0.3, -0.25) is 0 Å². The zero-order valence-electron chi connectivity index (χ0n) is 8.93. The summed E-state index contributed by atoms with van der Waals surface area (Å²) < 4.78 is 27.0. The van der Waals surface area contributed by atoms with Crippen molar-refractivity contribution in [2.24, 2.45) is 0 Å². The van der Waals surface area contributed by atoms with Gasteiger partial charge in [0.2, 0.25) is 0 Å². The Kier molecular flexibility index (Phi) is 3.40. The van der Waals surface area contributed by atoms with Crippen LogP contribution in [0.4, 0.5) is 8.78 Å².